The lowest BCUT2D eigenvalue weighted by Crippen LogP contribution is -2.16. The topological polar surface area (TPSA) is 50.9 Å². The molecular formula is C14H23N3. The van der Waals surface area contributed by atoms with Crippen LogP contribution in [0.5, 0.6) is 0 Å². The van der Waals surface area contributed by atoms with Gasteiger partial charge < -0.3 is 11.1 Å². The predicted octanol–water partition coefficient (Wildman–Crippen LogP) is 3.29. The quantitative estimate of drug-likeness (QED) is 0.839. The summed E-state index contributed by atoms with van der Waals surface area (Å²) in [6, 6.07) is 1.94. The van der Waals surface area contributed by atoms with Gasteiger partial charge in [0.05, 0.1) is 17.6 Å². The van der Waals surface area contributed by atoms with Crippen molar-refractivity contribution < 1.29 is 0 Å². The van der Waals surface area contributed by atoms with Crippen LogP contribution in [0.15, 0.2) is 18.5 Å². The summed E-state index contributed by atoms with van der Waals surface area (Å²) < 4.78 is 0. The van der Waals surface area contributed by atoms with Crippen molar-refractivity contribution >= 4 is 11.4 Å². The van der Waals surface area contributed by atoms with Gasteiger partial charge in [-0.1, -0.05) is 26.2 Å². The van der Waals surface area contributed by atoms with Crippen LogP contribution in [-0.4, -0.2) is 11.5 Å². The van der Waals surface area contributed by atoms with Gasteiger partial charge in [-0.05, 0) is 30.7 Å². The molecule has 3 nitrogen and oxygen atoms in total. The van der Waals surface area contributed by atoms with E-state index >= 15 is 0 Å². The third-order valence-corrected chi connectivity index (χ3v) is 3.69. The smallest absolute Gasteiger partial charge is 0.0547 e. The summed E-state index contributed by atoms with van der Waals surface area (Å²) >= 11 is 0. The second-order valence-corrected chi connectivity index (χ2v) is 5.36. The third kappa shape index (κ3) is 3.91. The molecule has 0 aliphatic heterocycles. The van der Waals surface area contributed by atoms with Crippen molar-refractivity contribution in [1.29, 1.82) is 0 Å². The second kappa shape index (κ2) is 5.89. The Hall–Kier alpha value is -1.25. The van der Waals surface area contributed by atoms with Crippen molar-refractivity contribution in [3.63, 3.8) is 0 Å². The van der Waals surface area contributed by atoms with Gasteiger partial charge in [0.15, 0.2) is 0 Å². The molecule has 1 heterocycles. The molecular weight excluding hydrogens is 210 g/mol. The van der Waals surface area contributed by atoms with E-state index in [4.69, 9.17) is 5.73 Å². The monoisotopic (exact) mass is 233 g/mol. The molecule has 3 heteroatoms. The number of nitrogens with zero attached hydrogens (tertiary/aromatic N) is 1. The van der Waals surface area contributed by atoms with E-state index < -0.39 is 0 Å². The van der Waals surface area contributed by atoms with Crippen LogP contribution in [0.25, 0.3) is 0 Å². The van der Waals surface area contributed by atoms with E-state index in [1.807, 2.05) is 12.3 Å². The first kappa shape index (κ1) is 12.2. The number of anilines is 2. The molecule has 0 amide bonds. The van der Waals surface area contributed by atoms with Gasteiger partial charge in [0.1, 0.15) is 0 Å². The molecule has 94 valence electrons. The third-order valence-electron chi connectivity index (χ3n) is 3.69. The highest BCUT2D eigenvalue weighted by Gasteiger charge is 2.18. The summed E-state index contributed by atoms with van der Waals surface area (Å²) in [6.45, 7) is 3.41. The highest BCUT2D eigenvalue weighted by Crippen LogP contribution is 2.30. The summed E-state index contributed by atoms with van der Waals surface area (Å²) in [5.74, 6) is 1.82. The molecule has 1 saturated carbocycles. The number of rotatable bonds is 4. The molecule has 0 bridgehead atoms. The van der Waals surface area contributed by atoms with Gasteiger partial charge in [-0.3, -0.25) is 4.98 Å². The molecule has 1 aliphatic carbocycles. The molecule has 0 aromatic carbocycles. The van der Waals surface area contributed by atoms with Crippen LogP contribution in [0.3, 0.4) is 0 Å². The molecule has 1 aromatic heterocycles. The van der Waals surface area contributed by atoms with Gasteiger partial charge >= 0.3 is 0 Å². The molecule has 2 atom stereocenters. The number of pyridine rings is 1. The van der Waals surface area contributed by atoms with E-state index in [-0.39, 0.29) is 0 Å². The lowest BCUT2D eigenvalue weighted by Gasteiger charge is -2.26. The molecule has 3 N–H and O–H groups in total. The molecule has 1 aromatic rings. The van der Waals surface area contributed by atoms with Gasteiger partial charge in [0, 0.05) is 12.7 Å². The van der Waals surface area contributed by atoms with Crippen molar-refractivity contribution in [2.45, 2.75) is 39.0 Å². The first-order valence-corrected chi connectivity index (χ1v) is 6.68. The zero-order valence-electron chi connectivity index (χ0n) is 10.7. The van der Waals surface area contributed by atoms with Crippen molar-refractivity contribution in [3.05, 3.63) is 18.5 Å². The van der Waals surface area contributed by atoms with Gasteiger partial charge in [-0.25, -0.2) is 0 Å². The van der Waals surface area contributed by atoms with E-state index in [1.54, 1.807) is 6.20 Å². The Balaban J connectivity index is 1.72. The van der Waals surface area contributed by atoms with Crippen LogP contribution in [-0.2, 0) is 0 Å². The minimum Gasteiger partial charge on any atom is -0.397 e. The van der Waals surface area contributed by atoms with Crippen LogP contribution in [0, 0.1) is 11.8 Å². The minimum atomic E-state index is 0.723. The average Bonchev–Trinajstić information content (AvgIpc) is 2.29. The maximum Gasteiger partial charge on any atom is 0.0547 e. The van der Waals surface area contributed by atoms with Crippen molar-refractivity contribution in [3.8, 4) is 0 Å². The fraction of sp³-hybridized carbons (Fsp3) is 0.643. The summed E-state index contributed by atoms with van der Waals surface area (Å²) in [5, 5.41) is 3.41. The van der Waals surface area contributed by atoms with Gasteiger partial charge in [0.2, 0.25) is 0 Å². The normalized spacial score (nSPS) is 24.5. The van der Waals surface area contributed by atoms with Crippen molar-refractivity contribution in [2.24, 2.45) is 11.8 Å². The standard InChI is InChI=1S/C14H23N3/c1-11-3-2-4-12(7-11)5-6-17-14-8-13(15)9-16-10-14/h8-12,17H,2-7,15H2,1H3. The average molecular weight is 233 g/mol. The first-order chi connectivity index (χ1) is 8.24. The number of aromatic nitrogens is 1. The van der Waals surface area contributed by atoms with Crippen LogP contribution in [0.4, 0.5) is 11.4 Å². The van der Waals surface area contributed by atoms with E-state index in [9.17, 15) is 0 Å². The van der Waals surface area contributed by atoms with E-state index in [0.717, 1.165) is 29.8 Å². The van der Waals surface area contributed by atoms with Crippen LogP contribution < -0.4 is 11.1 Å². The Bertz CT molecular complexity index is 351. The molecule has 2 rings (SSSR count). The minimum absolute atomic E-state index is 0.723. The molecule has 1 fully saturated rings. The Morgan fingerprint density at radius 3 is 3.06 bits per heavy atom. The second-order valence-electron chi connectivity index (χ2n) is 5.36. The van der Waals surface area contributed by atoms with E-state index in [2.05, 4.69) is 17.2 Å². The number of hydrogen-bond donors (Lipinski definition) is 2. The lowest BCUT2D eigenvalue weighted by atomic mass is 9.81. The first-order valence-electron chi connectivity index (χ1n) is 6.68. The van der Waals surface area contributed by atoms with E-state index in [0.29, 0.717) is 0 Å². The molecule has 0 spiro atoms. The molecule has 1 aliphatic rings. The fourth-order valence-electron chi connectivity index (χ4n) is 2.80. The molecule has 2 unspecified atom stereocenters. The number of hydrogen-bond acceptors (Lipinski definition) is 3. The lowest BCUT2D eigenvalue weighted by molar-refractivity contribution is 0.274. The molecule has 0 saturated heterocycles. The van der Waals surface area contributed by atoms with Gasteiger partial charge in [-0.15, -0.1) is 0 Å². The molecule has 0 radical (unpaired) electrons. The summed E-state index contributed by atoms with van der Waals surface area (Å²) in [6.07, 6.45) is 10.4. The highest BCUT2D eigenvalue weighted by molar-refractivity contribution is 5.51. The zero-order chi connectivity index (χ0) is 12.1. The predicted molar refractivity (Wildman–Crippen MR) is 72.9 cm³/mol. The summed E-state index contributed by atoms with van der Waals surface area (Å²) in [5.41, 5.74) is 7.45. The Morgan fingerprint density at radius 2 is 2.29 bits per heavy atom. The van der Waals surface area contributed by atoms with Crippen molar-refractivity contribution in [2.75, 3.05) is 17.6 Å². The van der Waals surface area contributed by atoms with Crippen LogP contribution in [0.1, 0.15) is 39.0 Å². The Labute approximate surface area is 104 Å². The van der Waals surface area contributed by atoms with E-state index in [1.165, 1.54) is 32.1 Å². The van der Waals surface area contributed by atoms with Gasteiger partial charge in [-0.2, -0.15) is 0 Å². The zero-order valence-corrected chi connectivity index (χ0v) is 10.7. The fourth-order valence-corrected chi connectivity index (χ4v) is 2.80. The number of nitrogen functional groups attached to an aromatic ring is 1. The summed E-state index contributed by atoms with van der Waals surface area (Å²) in [7, 11) is 0. The SMILES string of the molecule is CC1CCCC(CCNc2cncc(N)c2)C1. The van der Waals surface area contributed by atoms with Crippen molar-refractivity contribution in [1.82, 2.24) is 4.98 Å². The molecule has 17 heavy (non-hydrogen) atoms. The maximum absolute atomic E-state index is 5.69. The highest BCUT2D eigenvalue weighted by atomic mass is 14.9. The Kier molecular flexibility index (Phi) is 4.24. The van der Waals surface area contributed by atoms with Gasteiger partial charge in [0.25, 0.3) is 0 Å². The maximum atomic E-state index is 5.69. The van der Waals surface area contributed by atoms with Crippen LogP contribution >= 0.6 is 0 Å². The number of nitrogens with two attached hydrogens (primary N) is 1. The summed E-state index contributed by atoms with van der Waals surface area (Å²) in [4.78, 5) is 4.07. The van der Waals surface area contributed by atoms with Crippen LogP contribution in [0.2, 0.25) is 0 Å². The number of nitrogens with one attached hydrogen (secondary N) is 1. The Morgan fingerprint density at radius 1 is 1.41 bits per heavy atom. The largest absolute Gasteiger partial charge is 0.397 e.